The molecule has 0 radical (unpaired) electrons. The van der Waals surface area contributed by atoms with E-state index in [0.29, 0.717) is 71.7 Å². The Kier molecular flexibility index (Phi) is 17.0. The number of piperidine rings is 2. The summed E-state index contributed by atoms with van der Waals surface area (Å²) in [5.74, 6) is 0.633. The number of nitrogens with zero attached hydrogens (tertiary/aromatic N) is 7. The minimum Gasteiger partial charge on any atom is -0.478 e. The molecule has 13 nitrogen and oxygen atoms in total. The summed E-state index contributed by atoms with van der Waals surface area (Å²) < 4.78 is 28.4. The van der Waals surface area contributed by atoms with Crippen LogP contribution in [0.25, 0.3) is 22.8 Å². The SMILES string of the molecule is CCc1nc(-c2cc(C(=O)N3CCC(c4ccc(C#N)cc4)CC3)c(C)cc2F)n[nH]1.CCc1nc(-c2cc(C(=O)O)c(C)cc2F)n[nH]1.Cl.N#Cc1ccc(C2CCNCC2)cc1. The molecule has 0 spiro atoms. The minimum absolute atomic E-state index is 0. The normalized spacial score (nSPS) is 13.8. The molecule has 2 aliphatic heterocycles. The number of likely N-dealkylation sites (tertiary alicyclic amines) is 1. The molecule has 4 N–H and O–H groups in total. The van der Waals surface area contributed by atoms with Gasteiger partial charge >= 0.3 is 5.97 Å². The first-order chi connectivity index (χ1) is 30.4. The summed E-state index contributed by atoms with van der Waals surface area (Å²) in [6.45, 7) is 10.6. The van der Waals surface area contributed by atoms with Crippen LogP contribution in [0.3, 0.4) is 0 Å². The molecule has 332 valence electrons. The summed E-state index contributed by atoms with van der Waals surface area (Å²) in [6, 6.07) is 25.4. The van der Waals surface area contributed by atoms with E-state index in [9.17, 15) is 18.4 Å². The average Bonchev–Trinajstić information content (AvgIpc) is 4.00. The molecule has 0 bridgehead atoms. The van der Waals surface area contributed by atoms with Crippen LogP contribution in [0.2, 0.25) is 0 Å². The fourth-order valence-electron chi connectivity index (χ4n) is 7.70. The van der Waals surface area contributed by atoms with Crippen LogP contribution < -0.4 is 5.32 Å². The number of aromatic nitrogens is 6. The lowest BCUT2D eigenvalue weighted by molar-refractivity contribution is 0.0692. The van der Waals surface area contributed by atoms with Crippen molar-refractivity contribution in [2.75, 3.05) is 26.2 Å². The van der Waals surface area contributed by atoms with Crippen LogP contribution in [0.5, 0.6) is 0 Å². The number of carboxylic acid groups (broad SMARTS) is 1. The third kappa shape index (κ3) is 11.8. The predicted octanol–water partition coefficient (Wildman–Crippen LogP) is 9.00. The van der Waals surface area contributed by atoms with Crippen LogP contribution >= 0.6 is 12.4 Å². The Balaban J connectivity index is 0.000000198. The van der Waals surface area contributed by atoms with Crippen LogP contribution in [0, 0.1) is 48.1 Å². The van der Waals surface area contributed by atoms with E-state index in [0.717, 1.165) is 31.5 Å². The Morgan fingerprint density at radius 1 is 0.703 bits per heavy atom. The Morgan fingerprint density at radius 3 is 1.53 bits per heavy atom. The number of halogens is 3. The number of rotatable bonds is 8. The van der Waals surface area contributed by atoms with Crippen molar-refractivity contribution in [1.82, 2.24) is 40.6 Å². The quantitative estimate of drug-likeness (QED) is 0.114. The van der Waals surface area contributed by atoms with Crippen LogP contribution in [0.4, 0.5) is 8.78 Å². The van der Waals surface area contributed by atoms with Crippen molar-refractivity contribution < 1.29 is 23.5 Å². The molecule has 2 aromatic heterocycles. The van der Waals surface area contributed by atoms with Gasteiger partial charge in [0.05, 0.1) is 40.0 Å². The summed E-state index contributed by atoms with van der Waals surface area (Å²) in [5, 5.41) is 43.4. The van der Waals surface area contributed by atoms with Gasteiger partial charge in [-0.15, -0.1) is 12.4 Å². The first-order valence-electron chi connectivity index (χ1n) is 21.1. The molecule has 2 saturated heterocycles. The number of carboxylic acids is 1. The van der Waals surface area contributed by atoms with Crippen molar-refractivity contribution in [1.29, 1.82) is 10.5 Å². The van der Waals surface area contributed by atoms with Crippen LogP contribution in [0.1, 0.15) is 117 Å². The van der Waals surface area contributed by atoms with Gasteiger partial charge in [0.2, 0.25) is 0 Å². The highest BCUT2D eigenvalue weighted by Gasteiger charge is 2.27. The van der Waals surface area contributed by atoms with Crippen LogP contribution in [-0.4, -0.2) is 78.4 Å². The maximum absolute atomic E-state index is 14.6. The predicted molar refractivity (Wildman–Crippen MR) is 241 cm³/mol. The summed E-state index contributed by atoms with van der Waals surface area (Å²) in [7, 11) is 0. The second-order valence-corrected chi connectivity index (χ2v) is 15.6. The number of hydrogen-bond donors (Lipinski definition) is 4. The number of nitrogens with one attached hydrogen (secondary N) is 3. The van der Waals surface area contributed by atoms with Crippen molar-refractivity contribution in [3.63, 3.8) is 0 Å². The number of aromatic amines is 2. The Hall–Kier alpha value is -6.81. The lowest BCUT2D eigenvalue weighted by Crippen LogP contribution is -2.38. The molecule has 64 heavy (non-hydrogen) atoms. The zero-order valence-corrected chi connectivity index (χ0v) is 37.0. The van der Waals surface area contributed by atoms with E-state index < -0.39 is 17.6 Å². The van der Waals surface area contributed by atoms with Gasteiger partial charge in [0.25, 0.3) is 5.91 Å². The molecule has 4 heterocycles. The van der Waals surface area contributed by atoms with Crippen molar-refractivity contribution in [2.24, 2.45) is 0 Å². The monoisotopic (exact) mass is 888 g/mol. The first-order valence-corrected chi connectivity index (χ1v) is 21.1. The highest BCUT2D eigenvalue weighted by atomic mass is 35.5. The molecule has 16 heteroatoms. The molecule has 0 atom stereocenters. The van der Waals surface area contributed by atoms with E-state index in [1.165, 1.54) is 42.2 Å². The molecular formula is C48H51ClF2N10O3. The molecule has 0 aliphatic carbocycles. The van der Waals surface area contributed by atoms with Crippen molar-refractivity contribution in [3.8, 4) is 34.9 Å². The molecule has 2 aliphatic rings. The van der Waals surface area contributed by atoms with E-state index in [1.54, 1.807) is 19.9 Å². The number of aromatic carboxylic acids is 1. The summed E-state index contributed by atoms with van der Waals surface area (Å²) in [6.07, 6.45) is 5.45. The molecule has 0 saturated carbocycles. The van der Waals surface area contributed by atoms with Gasteiger partial charge in [-0.1, -0.05) is 38.1 Å². The van der Waals surface area contributed by atoms with Crippen molar-refractivity contribution in [3.05, 3.63) is 141 Å². The lowest BCUT2D eigenvalue weighted by Gasteiger charge is -2.32. The third-order valence-corrected chi connectivity index (χ3v) is 11.4. The zero-order valence-electron chi connectivity index (χ0n) is 36.2. The van der Waals surface area contributed by atoms with Gasteiger partial charge in [0.15, 0.2) is 11.6 Å². The molecule has 8 rings (SSSR count). The van der Waals surface area contributed by atoms with Gasteiger partial charge in [-0.3, -0.25) is 15.0 Å². The van der Waals surface area contributed by atoms with Crippen molar-refractivity contribution >= 4 is 24.3 Å². The van der Waals surface area contributed by atoms with Gasteiger partial charge in [-0.05, 0) is 135 Å². The number of hydrogen-bond acceptors (Lipinski definition) is 9. The van der Waals surface area contributed by atoms with E-state index >= 15 is 0 Å². The third-order valence-electron chi connectivity index (χ3n) is 11.4. The standard InChI is InChI=1S/C24H24FN5O.C12H12FN3O2.C12H14N2.ClH/c1-3-22-27-23(29-28-22)20-13-19(15(2)12-21(20)25)24(31)30-10-8-18(9-11-30)17-6-4-16(14-26)5-7-17;1-3-10-14-11(16-15-10)8-5-7(12(17)18)6(2)4-9(8)13;13-9-10-1-3-11(4-2-10)12-5-7-14-8-6-12;/h4-7,12-13,18H,3,8-11H2,1-2H3,(H,27,28,29);4-5H,3H2,1-2H3,(H,17,18)(H,14,15,16);1-4,12,14H,5-8H2;1H. The average molecular weight is 889 g/mol. The summed E-state index contributed by atoms with van der Waals surface area (Å²) >= 11 is 0. The Labute approximate surface area is 377 Å². The molecular weight excluding hydrogens is 838 g/mol. The zero-order chi connectivity index (χ0) is 45.0. The maximum atomic E-state index is 14.6. The fourth-order valence-corrected chi connectivity index (χ4v) is 7.70. The largest absolute Gasteiger partial charge is 0.478 e. The van der Waals surface area contributed by atoms with Crippen LogP contribution in [0.15, 0.2) is 72.8 Å². The second kappa shape index (κ2) is 22.5. The number of benzene rings is 4. The number of carbonyl (C=O) groups is 2. The molecule has 0 unspecified atom stereocenters. The van der Waals surface area contributed by atoms with Gasteiger partial charge < -0.3 is 15.3 Å². The smallest absolute Gasteiger partial charge is 0.335 e. The number of aryl methyl sites for hydroxylation is 4. The van der Waals surface area contributed by atoms with E-state index in [4.69, 9.17) is 15.6 Å². The lowest BCUT2D eigenvalue weighted by atomic mass is 9.88. The number of H-pyrrole nitrogens is 2. The molecule has 1 amide bonds. The number of amides is 1. The van der Waals surface area contributed by atoms with Gasteiger partial charge in [-0.25, -0.2) is 23.5 Å². The van der Waals surface area contributed by atoms with Gasteiger partial charge in [0.1, 0.15) is 23.3 Å². The highest BCUT2D eigenvalue weighted by Crippen LogP contribution is 2.31. The Bertz CT molecular complexity index is 2620. The van der Waals surface area contributed by atoms with Crippen molar-refractivity contribution in [2.45, 2.75) is 78.1 Å². The van der Waals surface area contributed by atoms with E-state index in [1.807, 2.05) is 55.1 Å². The maximum Gasteiger partial charge on any atom is 0.335 e. The number of nitriles is 2. The minimum atomic E-state index is -1.10. The summed E-state index contributed by atoms with van der Waals surface area (Å²) in [5.41, 5.74) is 5.81. The Morgan fingerprint density at radius 2 is 1.12 bits per heavy atom. The molecule has 2 fully saturated rings. The topological polar surface area (TPSA) is 200 Å². The van der Waals surface area contributed by atoms with E-state index in [-0.39, 0.29) is 46.7 Å². The number of carbonyl (C=O) groups excluding carboxylic acids is 1. The summed E-state index contributed by atoms with van der Waals surface area (Å²) in [4.78, 5) is 34.5. The van der Waals surface area contributed by atoms with E-state index in [2.05, 4.69) is 60.0 Å². The fraction of sp³-hybridized carbons (Fsp3) is 0.333. The molecule has 4 aromatic carbocycles. The van der Waals surface area contributed by atoms with Gasteiger partial charge in [0, 0.05) is 31.5 Å². The first kappa shape index (κ1) is 48.2. The highest BCUT2D eigenvalue weighted by molar-refractivity contribution is 5.97. The molecule has 6 aromatic rings. The van der Waals surface area contributed by atoms with Gasteiger partial charge in [-0.2, -0.15) is 20.7 Å². The second-order valence-electron chi connectivity index (χ2n) is 15.6. The van der Waals surface area contributed by atoms with Crippen LogP contribution in [-0.2, 0) is 12.8 Å².